The lowest BCUT2D eigenvalue weighted by molar-refractivity contribution is -0.384. The zero-order valence-electron chi connectivity index (χ0n) is 15.6. The molecule has 4 rings (SSSR count). The largest absolute Gasteiger partial charge is 0.338 e. The molecular formula is C22H18BrN3O2S. The molecule has 1 aliphatic heterocycles. The number of anilines is 1. The summed E-state index contributed by atoms with van der Waals surface area (Å²) in [5.74, 6) is 0. The van der Waals surface area contributed by atoms with Crippen LogP contribution in [0.2, 0.25) is 0 Å². The van der Waals surface area contributed by atoms with Gasteiger partial charge in [-0.25, -0.2) is 0 Å². The van der Waals surface area contributed by atoms with Gasteiger partial charge >= 0.3 is 0 Å². The number of thioether (sulfide) groups is 1. The maximum absolute atomic E-state index is 10.7. The number of nitro benzene ring substituents is 1. The van der Waals surface area contributed by atoms with Gasteiger partial charge in [-0.1, -0.05) is 48.2 Å². The van der Waals surface area contributed by atoms with Gasteiger partial charge in [0.1, 0.15) is 0 Å². The van der Waals surface area contributed by atoms with E-state index in [9.17, 15) is 10.1 Å². The number of allylic oxidation sites excluding steroid dienone is 3. The zero-order chi connectivity index (χ0) is 19.5. The Hall–Kier alpha value is -2.90. The monoisotopic (exact) mass is 467 g/mol. The summed E-state index contributed by atoms with van der Waals surface area (Å²) >= 11 is 1.75. The minimum atomic E-state index is -0.420. The molecule has 0 aliphatic carbocycles. The van der Waals surface area contributed by atoms with Gasteiger partial charge in [-0.05, 0) is 35.7 Å². The SMILES string of the molecule is Br.CN1/C(=C/C=C/C=Nc2ccc([N+](=O)[O-])cc2)Sc2ccc3ccccc3c21. The Labute approximate surface area is 183 Å². The highest BCUT2D eigenvalue weighted by molar-refractivity contribution is 8.93. The van der Waals surface area contributed by atoms with E-state index in [1.54, 1.807) is 30.1 Å². The number of nitrogens with zero attached hydrogens (tertiary/aromatic N) is 3. The summed E-state index contributed by atoms with van der Waals surface area (Å²) in [6, 6.07) is 18.9. The van der Waals surface area contributed by atoms with Gasteiger partial charge in [-0.15, -0.1) is 17.0 Å². The second kappa shape index (κ2) is 9.07. The molecule has 3 aromatic rings. The first-order valence-corrected chi connectivity index (χ1v) is 9.54. The van der Waals surface area contributed by atoms with Crippen LogP contribution in [0, 0.1) is 10.1 Å². The Kier molecular flexibility index (Phi) is 6.51. The first-order valence-electron chi connectivity index (χ1n) is 8.72. The number of non-ortho nitro benzene ring substituents is 1. The molecule has 0 unspecified atom stereocenters. The van der Waals surface area contributed by atoms with Crippen molar-refractivity contribution in [1.29, 1.82) is 0 Å². The molecule has 7 heteroatoms. The van der Waals surface area contributed by atoms with Crippen LogP contribution >= 0.6 is 28.7 Å². The lowest BCUT2D eigenvalue weighted by Gasteiger charge is -2.15. The Morgan fingerprint density at radius 3 is 2.55 bits per heavy atom. The van der Waals surface area contributed by atoms with Gasteiger partial charge in [0.25, 0.3) is 5.69 Å². The third-order valence-electron chi connectivity index (χ3n) is 4.46. The quantitative estimate of drug-likeness (QED) is 0.244. The number of halogens is 1. The molecule has 0 spiro atoms. The summed E-state index contributed by atoms with van der Waals surface area (Å²) in [6.45, 7) is 0. The van der Waals surface area contributed by atoms with E-state index in [1.165, 1.54) is 33.5 Å². The number of nitro groups is 1. The average molecular weight is 468 g/mol. The normalized spacial score (nSPS) is 14.7. The standard InChI is InChI=1S/C22H17N3O2S.BrH/c1-24-21(28-20-14-9-16-6-2-3-7-19(16)22(20)24)8-4-5-15-23-17-10-12-18(13-11-17)25(26)27;/h2-15H,1H3;1H/b5-4+,21-8-,23-15?;. The second-order valence-electron chi connectivity index (χ2n) is 6.24. The average Bonchev–Trinajstić information content (AvgIpc) is 3.04. The first-order chi connectivity index (χ1) is 13.6. The Balaban J connectivity index is 0.00000240. The van der Waals surface area contributed by atoms with E-state index in [0.29, 0.717) is 5.69 Å². The molecule has 3 aromatic carbocycles. The van der Waals surface area contributed by atoms with Crippen LogP contribution in [0.25, 0.3) is 10.8 Å². The maximum atomic E-state index is 10.7. The fourth-order valence-corrected chi connectivity index (χ4v) is 4.16. The van der Waals surface area contributed by atoms with E-state index in [2.05, 4.69) is 59.4 Å². The molecule has 0 aromatic heterocycles. The molecule has 0 N–H and O–H groups in total. The van der Waals surface area contributed by atoms with Gasteiger partial charge in [0.05, 0.1) is 21.3 Å². The van der Waals surface area contributed by atoms with Crippen LogP contribution in [0.1, 0.15) is 0 Å². The van der Waals surface area contributed by atoms with Gasteiger partial charge < -0.3 is 4.90 Å². The Bertz CT molecular complexity index is 1140. The summed E-state index contributed by atoms with van der Waals surface area (Å²) in [5.41, 5.74) is 1.98. The van der Waals surface area contributed by atoms with E-state index in [4.69, 9.17) is 0 Å². The number of fused-ring (bicyclic) bond motifs is 3. The highest BCUT2D eigenvalue weighted by atomic mass is 79.9. The fraction of sp³-hybridized carbons (Fsp3) is 0.0455. The third-order valence-corrected chi connectivity index (χ3v) is 5.63. The van der Waals surface area contributed by atoms with Crippen LogP contribution in [0.3, 0.4) is 0 Å². The molecular weight excluding hydrogens is 450 g/mol. The number of rotatable bonds is 4. The Morgan fingerprint density at radius 1 is 1.03 bits per heavy atom. The molecule has 1 aliphatic rings. The third kappa shape index (κ3) is 4.41. The zero-order valence-corrected chi connectivity index (χ0v) is 18.1. The van der Waals surface area contributed by atoms with Crippen molar-refractivity contribution in [2.24, 2.45) is 4.99 Å². The van der Waals surface area contributed by atoms with Crippen molar-refractivity contribution >= 4 is 62.8 Å². The number of hydrogen-bond acceptors (Lipinski definition) is 5. The molecule has 0 amide bonds. The minimum Gasteiger partial charge on any atom is -0.338 e. The number of hydrogen-bond donors (Lipinski definition) is 0. The molecule has 0 fully saturated rings. The van der Waals surface area contributed by atoms with Crippen LogP contribution in [0.5, 0.6) is 0 Å². The van der Waals surface area contributed by atoms with Gasteiger partial charge in [-0.3, -0.25) is 15.1 Å². The lowest BCUT2D eigenvalue weighted by Crippen LogP contribution is -2.09. The minimum absolute atomic E-state index is 0. The second-order valence-corrected chi connectivity index (χ2v) is 7.30. The summed E-state index contributed by atoms with van der Waals surface area (Å²) in [5, 5.41) is 14.3. The van der Waals surface area contributed by atoms with Crippen molar-refractivity contribution in [3.8, 4) is 0 Å². The van der Waals surface area contributed by atoms with Crippen molar-refractivity contribution in [3.63, 3.8) is 0 Å². The van der Waals surface area contributed by atoms with Crippen LogP contribution in [0.4, 0.5) is 17.1 Å². The molecule has 0 bridgehead atoms. The fourth-order valence-electron chi connectivity index (χ4n) is 3.08. The topological polar surface area (TPSA) is 58.7 Å². The van der Waals surface area contributed by atoms with Crippen molar-refractivity contribution in [2.75, 3.05) is 11.9 Å². The van der Waals surface area contributed by atoms with Crippen molar-refractivity contribution in [2.45, 2.75) is 4.90 Å². The lowest BCUT2D eigenvalue weighted by atomic mass is 10.1. The van der Waals surface area contributed by atoms with Crippen molar-refractivity contribution in [3.05, 3.63) is 94.0 Å². The molecule has 146 valence electrons. The van der Waals surface area contributed by atoms with Gasteiger partial charge in [0, 0.05) is 35.7 Å². The number of aliphatic imine (C=N–C) groups is 1. The van der Waals surface area contributed by atoms with Gasteiger partial charge in [0.2, 0.25) is 0 Å². The molecule has 0 saturated carbocycles. The van der Waals surface area contributed by atoms with E-state index < -0.39 is 4.92 Å². The van der Waals surface area contributed by atoms with Crippen molar-refractivity contribution in [1.82, 2.24) is 0 Å². The van der Waals surface area contributed by atoms with Crippen LogP contribution in [-0.4, -0.2) is 18.2 Å². The van der Waals surface area contributed by atoms with Crippen LogP contribution in [-0.2, 0) is 0 Å². The van der Waals surface area contributed by atoms with Gasteiger partial charge in [0.15, 0.2) is 0 Å². The molecule has 0 saturated heterocycles. The van der Waals surface area contributed by atoms with Crippen LogP contribution < -0.4 is 4.90 Å². The predicted octanol–water partition coefficient (Wildman–Crippen LogP) is 6.67. The number of benzene rings is 3. The van der Waals surface area contributed by atoms with E-state index in [-0.39, 0.29) is 22.7 Å². The maximum Gasteiger partial charge on any atom is 0.269 e. The molecule has 5 nitrogen and oxygen atoms in total. The molecule has 0 atom stereocenters. The van der Waals surface area contributed by atoms with E-state index >= 15 is 0 Å². The van der Waals surface area contributed by atoms with Gasteiger partial charge in [-0.2, -0.15) is 0 Å². The van der Waals surface area contributed by atoms with E-state index in [1.807, 2.05) is 12.2 Å². The van der Waals surface area contributed by atoms with Crippen LogP contribution in [0.15, 0.2) is 93.8 Å². The highest BCUT2D eigenvalue weighted by Gasteiger charge is 2.23. The molecule has 0 radical (unpaired) electrons. The summed E-state index contributed by atoms with van der Waals surface area (Å²) in [4.78, 5) is 18.0. The molecule has 29 heavy (non-hydrogen) atoms. The highest BCUT2D eigenvalue weighted by Crippen LogP contribution is 2.48. The molecule has 1 heterocycles. The summed E-state index contributed by atoms with van der Waals surface area (Å²) < 4.78 is 0. The van der Waals surface area contributed by atoms with E-state index in [0.717, 1.165) is 5.03 Å². The summed E-state index contributed by atoms with van der Waals surface area (Å²) in [6.07, 6.45) is 7.54. The van der Waals surface area contributed by atoms with Crippen molar-refractivity contribution < 1.29 is 4.92 Å². The summed E-state index contributed by atoms with van der Waals surface area (Å²) in [7, 11) is 2.08. The Morgan fingerprint density at radius 2 is 1.79 bits per heavy atom. The smallest absolute Gasteiger partial charge is 0.269 e. The predicted molar refractivity (Wildman–Crippen MR) is 127 cm³/mol. The first kappa shape index (κ1) is 20.8.